The zero-order valence-corrected chi connectivity index (χ0v) is 16.9. The van der Waals surface area contributed by atoms with Gasteiger partial charge in [-0.2, -0.15) is 0 Å². The van der Waals surface area contributed by atoms with E-state index in [1.54, 1.807) is 6.08 Å². The number of hydrogen-bond acceptors (Lipinski definition) is 3. The van der Waals surface area contributed by atoms with Crippen molar-refractivity contribution in [3.8, 4) is 0 Å². The fourth-order valence-corrected chi connectivity index (χ4v) is 4.20. The standard InChI is InChI=1S/C27H26O3/c1-2-12-21-19-25(30-26(21)28)20-29-27(22-13-6-3-7-14-22,23-15-8-4-9-16-23)24-17-10-5-11-18-24/h2-11,13-18,21,25H,1,12,19-20H2/t21-,25+/m1/s1. The molecule has 4 rings (SSSR count). The fraction of sp³-hybridized carbons (Fsp3) is 0.222. The summed E-state index contributed by atoms with van der Waals surface area (Å²) in [6.45, 7) is 4.07. The molecule has 152 valence electrons. The lowest BCUT2D eigenvalue weighted by molar-refractivity contribution is -0.147. The molecule has 0 aliphatic carbocycles. The summed E-state index contributed by atoms with van der Waals surface area (Å²) in [7, 11) is 0. The van der Waals surface area contributed by atoms with Gasteiger partial charge in [0.15, 0.2) is 0 Å². The van der Waals surface area contributed by atoms with Gasteiger partial charge < -0.3 is 9.47 Å². The molecular weight excluding hydrogens is 372 g/mol. The third-order valence-corrected chi connectivity index (χ3v) is 5.64. The molecule has 3 nitrogen and oxygen atoms in total. The van der Waals surface area contributed by atoms with Crippen molar-refractivity contribution in [3.63, 3.8) is 0 Å². The highest BCUT2D eigenvalue weighted by molar-refractivity contribution is 5.74. The predicted molar refractivity (Wildman–Crippen MR) is 118 cm³/mol. The average Bonchev–Trinajstić information content (AvgIpc) is 3.16. The molecule has 0 unspecified atom stereocenters. The Morgan fingerprint density at radius 2 is 1.33 bits per heavy atom. The Labute approximate surface area is 178 Å². The highest BCUT2D eigenvalue weighted by atomic mass is 16.6. The summed E-state index contributed by atoms with van der Waals surface area (Å²) in [6, 6.07) is 30.7. The molecule has 30 heavy (non-hydrogen) atoms. The maximum atomic E-state index is 12.2. The van der Waals surface area contributed by atoms with Crippen LogP contribution in [0.2, 0.25) is 0 Å². The number of cyclic esters (lactones) is 1. The molecule has 1 heterocycles. The van der Waals surface area contributed by atoms with Gasteiger partial charge in [0, 0.05) is 6.42 Å². The van der Waals surface area contributed by atoms with Crippen LogP contribution >= 0.6 is 0 Å². The maximum absolute atomic E-state index is 12.2. The second-order valence-corrected chi connectivity index (χ2v) is 7.61. The van der Waals surface area contributed by atoms with Gasteiger partial charge in [-0.1, -0.05) is 97.1 Å². The van der Waals surface area contributed by atoms with Crippen molar-refractivity contribution in [1.29, 1.82) is 0 Å². The summed E-state index contributed by atoms with van der Waals surface area (Å²) in [6.07, 6.45) is 2.80. The highest BCUT2D eigenvalue weighted by Crippen LogP contribution is 2.41. The van der Waals surface area contributed by atoms with Crippen LogP contribution in [0, 0.1) is 5.92 Å². The molecule has 1 aliphatic heterocycles. The molecule has 2 atom stereocenters. The first-order chi connectivity index (χ1) is 14.7. The van der Waals surface area contributed by atoms with Gasteiger partial charge in [-0.25, -0.2) is 0 Å². The maximum Gasteiger partial charge on any atom is 0.309 e. The van der Waals surface area contributed by atoms with Crippen LogP contribution in [0.25, 0.3) is 0 Å². The number of carbonyl (C=O) groups excluding carboxylic acids is 1. The summed E-state index contributed by atoms with van der Waals surface area (Å²) in [5, 5.41) is 0. The van der Waals surface area contributed by atoms with Crippen LogP contribution in [0.1, 0.15) is 29.5 Å². The van der Waals surface area contributed by atoms with E-state index < -0.39 is 5.60 Å². The molecule has 3 aromatic carbocycles. The summed E-state index contributed by atoms with van der Waals surface area (Å²) < 4.78 is 12.4. The van der Waals surface area contributed by atoms with Gasteiger partial charge in [-0.3, -0.25) is 4.79 Å². The molecule has 1 aliphatic rings. The monoisotopic (exact) mass is 398 g/mol. The van der Waals surface area contributed by atoms with Crippen LogP contribution in [0.4, 0.5) is 0 Å². The van der Waals surface area contributed by atoms with Crippen LogP contribution < -0.4 is 0 Å². The molecule has 0 aromatic heterocycles. The van der Waals surface area contributed by atoms with Crippen molar-refractivity contribution in [1.82, 2.24) is 0 Å². The molecule has 0 bridgehead atoms. The largest absolute Gasteiger partial charge is 0.460 e. The number of hydrogen-bond donors (Lipinski definition) is 0. The van der Waals surface area contributed by atoms with E-state index in [4.69, 9.17) is 9.47 Å². The van der Waals surface area contributed by atoms with Gasteiger partial charge >= 0.3 is 5.97 Å². The lowest BCUT2D eigenvalue weighted by Crippen LogP contribution is -2.35. The van der Waals surface area contributed by atoms with Crippen molar-refractivity contribution in [2.75, 3.05) is 6.61 Å². The minimum Gasteiger partial charge on any atom is -0.460 e. The van der Waals surface area contributed by atoms with Gasteiger partial charge in [0.05, 0.1) is 12.5 Å². The van der Waals surface area contributed by atoms with Crippen molar-refractivity contribution >= 4 is 5.97 Å². The Morgan fingerprint density at radius 1 is 0.867 bits per heavy atom. The van der Waals surface area contributed by atoms with E-state index in [2.05, 4.69) is 43.0 Å². The Bertz CT molecular complexity index is 870. The van der Waals surface area contributed by atoms with E-state index in [-0.39, 0.29) is 18.0 Å². The molecule has 3 aromatic rings. The van der Waals surface area contributed by atoms with Crippen LogP contribution in [0.15, 0.2) is 104 Å². The van der Waals surface area contributed by atoms with E-state index in [1.165, 1.54) is 0 Å². The Hall–Kier alpha value is -3.17. The van der Waals surface area contributed by atoms with Crippen LogP contribution in [-0.4, -0.2) is 18.7 Å². The molecule has 0 spiro atoms. The van der Waals surface area contributed by atoms with Gasteiger partial charge in [-0.05, 0) is 23.1 Å². The van der Waals surface area contributed by atoms with E-state index >= 15 is 0 Å². The van der Waals surface area contributed by atoms with Gasteiger partial charge in [-0.15, -0.1) is 6.58 Å². The number of carbonyl (C=O) groups is 1. The first-order valence-electron chi connectivity index (χ1n) is 10.4. The molecule has 1 fully saturated rings. The van der Waals surface area contributed by atoms with Crippen molar-refractivity contribution in [2.24, 2.45) is 5.92 Å². The molecule has 0 N–H and O–H groups in total. The summed E-state index contributed by atoms with van der Waals surface area (Å²) >= 11 is 0. The smallest absolute Gasteiger partial charge is 0.309 e. The quantitative estimate of drug-likeness (QED) is 0.285. The van der Waals surface area contributed by atoms with Gasteiger partial charge in [0.2, 0.25) is 0 Å². The first-order valence-corrected chi connectivity index (χ1v) is 10.4. The zero-order chi connectivity index (χ0) is 20.8. The van der Waals surface area contributed by atoms with Crippen molar-refractivity contribution < 1.29 is 14.3 Å². The number of esters is 1. The lowest BCUT2D eigenvalue weighted by Gasteiger charge is -2.36. The topological polar surface area (TPSA) is 35.5 Å². The SMILES string of the molecule is C=CC[C@@H]1C[C@@H](COC(c2ccccc2)(c2ccccc2)c2ccccc2)OC1=O. The normalized spacial score (nSPS) is 18.7. The van der Waals surface area contributed by atoms with Crippen LogP contribution in [0.3, 0.4) is 0 Å². The second kappa shape index (κ2) is 9.10. The van der Waals surface area contributed by atoms with E-state index in [0.29, 0.717) is 19.4 Å². The van der Waals surface area contributed by atoms with Crippen LogP contribution in [0.5, 0.6) is 0 Å². The predicted octanol–water partition coefficient (Wildman–Crippen LogP) is 5.50. The number of benzene rings is 3. The zero-order valence-electron chi connectivity index (χ0n) is 16.9. The molecular formula is C27H26O3. The van der Waals surface area contributed by atoms with E-state index in [0.717, 1.165) is 16.7 Å². The van der Waals surface area contributed by atoms with Gasteiger partial charge in [0.25, 0.3) is 0 Å². The summed E-state index contributed by atoms with van der Waals surface area (Å²) in [5.74, 6) is -0.288. The average molecular weight is 399 g/mol. The molecule has 1 saturated heterocycles. The lowest BCUT2D eigenvalue weighted by atomic mass is 9.80. The Kier molecular flexibility index (Phi) is 6.10. The number of allylic oxidation sites excluding steroid dienone is 1. The second-order valence-electron chi connectivity index (χ2n) is 7.61. The van der Waals surface area contributed by atoms with Gasteiger partial charge in [0.1, 0.15) is 11.7 Å². The number of ether oxygens (including phenoxy) is 2. The minimum absolute atomic E-state index is 0.129. The fourth-order valence-electron chi connectivity index (χ4n) is 4.20. The Morgan fingerprint density at radius 3 is 1.77 bits per heavy atom. The van der Waals surface area contributed by atoms with E-state index in [9.17, 15) is 4.79 Å². The Balaban J connectivity index is 1.74. The van der Waals surface area contributed by atoms with Crippen molar-refractivity contribution in [2.45, 2.75) is 24.5 Å². The minimum atomic E-state index is -0.799. The number of rotatable bonds is 8. The highest BCUT2D eigenvalue weighted by Gasteiger charge is 2.40. The molecule has 0 saturated carbocycles. The molecule has 0 radical (unpaired) electrons. The first kappa shape index (κ1) is 20.1. The van der Waals surface area contributed by atoms with E-state index in [1.807, 2.05) is 54.6 Å². The summed E-state index contributed by atoms with van der Waals surface area (Å²) in [4.78, 5) is 12.2. The third-order valence-electron chi connectivity index (χ3n) is 5.64. The van der Waals surface area contributed by atoms with Crippen LogP contribution in [-0.2, 0) is 19.9 Å². The molecule has 3 heteroatoms. The van der Waals surface area contributed by atoms with Crippen molar-refractivity contribution in [3.05, 3.63) is 120 Å². The third kappa shape index (κ3) is 3.94. The summed E-state index contributed by atoms with van der Waals surface area (Å²) in [5.41, 5.74) is 2.31. The molecule has 0 amide bonds.